The molecule has 1 atom stereocenters. The van der Waals surface area contributed by atoms with E-state index < -0.39 is 16.0 Å². The van der Waals surface area contributed by atoms with Crippen LogP contribution < -0.4 is 4.72 Å². The molecular formula is C15H20N2O5S. The summed E-state index contributed by atoms with van der Waals surface area (Å²) in [7, 11) is -3.63. The van der Waals surface area contributed by atoms with E-state index >= 15 is 0 Å². The summed E-state index contributed by atoms with van der Waals surface area (Å²) in [6.07, 6.45) is 1.40. The van der Waals surface area contributed by atoms with Crippen LogP contribution in [0.5, 0.6) is 0 Å². The van der Waals surface area contributed by atoms with Gasteiger partial charge in [0.05, 0.1) is 11.3 Å². The Morgan fingerprint density at radius 2 is 1.96 bits per heavy atom. The number of carboxylic acid groups (broad SMARTS) is 1. The molecular weight excluding hydrogens is 320 g/mol. The molecule has 1 amide bonds. The standard InChI is InChI=1S/C15H20N2O5S/c18-14(17-10-4-5-12(17)11-15(19)20)8-9-16-23(21,22)13-6-2-1-3-7-13/h1-3,6-7,12,16H,4-5,8-11H2,(H,19,20). The highest BCUT2D eigenvalue weighted by molar-refractivity contribution is 7.89. The van der Waals surface area contributed by atoms with Crippen LogP contribution in [0.2, 0.25) is 0 Å². The molecule has 1 fully saturated rings. The summed E-state index contributed by atoms with van der Waals surface area (Å²) in [6.45, 7) is 0.522. The molecule has 1 saturated heterocycles. The monoisotopic (exact) mass is 340 g/mol. The molecule has 7 nitrogen and oxygen atoms in total. The maximum Gasteiger partial charge on any atom is 0.305 e. The molecule has 0 saturated carbocycles. The van der Waals surface area contributed by atoms with Crippen molar-refractivity contribution in [3.63, 3.8) is 0 Å². The van der Waals surface area contributed by atoms with E-state index in [4.69, 9.17) is 5.11 Å². The smallest absolute Gasteiger partial charge is 0.305 e. The Bertz CT molecular complexity index is 660. The largest absolute Gasteiger partial charge is 0.481 e. The molecule has 23 heavy (non-hydrogen) atoms. The molecule has 126 valence electrons. The normalized spacial score (nSPS) is 18.1. The van der Waals surface area contributed by atoms with Crippen molar-refractivity contribution in [3.05, 3.63) is 30.3 Å². The number of sulfonamides is 1. The van der Waals surface area contributed by atoms with Crippen LogP contribution in [0.15, 0.2) is 35.2 Å². The zero-order valence-electron chi connectivity index (χ0n) is 12.6. The summed E-state index contributed by atoms with van der Waals surface area (Å²) < 4.78 is 26.5. The van der Waals surface area contributed by atoms with E-state index in [-0.39, 0.29) is 36.2 Å². The van der Waals surface area contributed by atoms with E-state index in [2.05, 4.69) is 4.72 Å². The highest BCUT2D eigenvalue weighted by Gasteiger charge is 2.30. The summed E-state index contributed by atoms with van der Waals surface area (Å²) in [5.74, 6) is -1.15. The molecule has 0 aromatic heterocycles. The lowest BCUT2D eigenvalue weighted by Gasteiger charge is -2.23. The third-order valence-electron chi connectivity index (χ3n) is 3.79. The number of hydrogen-bond donors (Lipinski definition) is 2. The van der Waals surface area contributed by atoms with Crippen molar-refractivity contribution in [3.8, 4) is 0 Å². The maximum absolute atomic E-state index is 12.2. The quantitative estimate of drug-likeness (QED) is 0.765. The van der Waals surface area contributed by atoms with E-state index in [9.17, 15) is 18.0 Å². The average molecular weight is 340 g/mol. The van der Waals surface area contributed by atoms with Crippen molar-refractivity contribution in [1.82, 2.24) is 9.62 Å². The van der Waals surface area contributed by atoms with Crippen LogP contribution in [0.3, 0.4) is 0 Å². The second-order valence-corrected chi connectivity index (χ2v) is 7.21. The third kappa shape index (κ3) is 4.77. The Balaban J connectivity index is 1.86. The van der Waals surface area contributed by atoms with Crippen LogP contribution in [0.1, 0.15) is 25.7 Å². The molecule has 1 aliphatic rings. The molecule has 1 aromatic rings. The SMILES string of the molecule is O=C(O)CC1CCCN1C(=O)CCNS(=O)(=O)c1ccccc1. The Kier molecular flexibility index (Phi) is 5.73. The summed E-state index contributed by atoms with van der Waals surface area (Å²) in [5.41, 5.74) is 0. The molecule has 8 heteroatoms. The van der Waals surface area contributed by atoms with Crippen LogP contribution in [0.4, 0.5) is 0 Å². The van der Waals surface area contributed by atoms with Gasteiger partial charge in [-0.1, -0.05) is 18.2 Å². The van der Waals surface area contributed by atoms with Crippen LogP contribution >= 0.6 is 0 Å². The Labute approximate surface area is 135 Å². The first-order valence-electron chi connectivity index (χ1n) is 7.46. The zero-order chi connectivity index (χ0) is 16.9. The van der Waals surface area contributed by atoms with Gasteiger partial charge in [-0.2, -0.15) is 0 Å². The second-order valence-electron chi connectivity index (χ2n) is 5.44. The highest BCUT2D eigenvalue weighted by Crippen LogP contribution is 2.21. The van der Waals surface area contributed by atoms with Gasteiger partial charge in [-0.15, -0.1) is 0 Å². The minimum absolute atomic E-state index is 0.00759. The number of rotatable bonds is 7. The minimum Gasteiger partial charge on any atom is -0.481 e. The lowest BCUT2D eigenvalue weighted by molar-refractivity contribution is -0.139. The number of nitrogens with zero attached hydrogens (tertiary/aromatic N) is 1. The van der Waals surface area contributed by atoms with Crippen LogP contribution in [-0.2, 0) is 19.6 Å². The van der Waals surface area contributed by atoms with Gasteiger partial charge in [0.1, 0.15) is 0 Å². The molecule has 2 rings (SSSR count). The van der Waals surface area contributed by atoms with E-state index in [1.165, 1.54) is 12.1 Å². The number of benzene rings is 1. The molecule has 0 radical (unpaired) electrons. The molecule has 0 aliphatic carbocycles. The number of amides is 1. The fourth-order valence-electron chi connectivity index (χ4n) is 2.70. The number of carbonyl (C=O) groups is 2. The highest BCUT2D eigenvalue weighted by atomic mass is 32.2. The molecule has 1 unspecified atom stereocenters. The number of carbonyl (C=O) groups excluding carboxylic acids is 1. The predicted octanol–water partition coefficient (Wildman–Crippen LogP) is 0.821. The van der Waals surface area contributed by atoms with E-state index in [0.29, 0.717) is 13.0 Å². The molecule has 2 N–H and O–H groups in total. The second kappa shape index (κ2) is 7.56. The van der Waals surface area contributed by atoms with Crippen molar-refractivity contribution < 1.29 is 23.1 Å². The minimum atomic E-state index is -3.63. The summed E-state index contributed by atoms with van der Waals surface area (Å²) >= 11 is 0. The Morgan fingerprint density at radius 1 is 1.26 bits per heavy atom. The van der Waals surface area contributed by atoms with Gasteiger partial charge in [-0.05, 0) is 25.0 Å². The van der Waals surface area contributed by atoms with Gasteiger partial charge >= 0.3 is 5.97 Å². The molecule has 1 aromatic carbocycles. The zero-order valence-corrected chi connectivity index (χ0v) is 13.5. The summed E-state index contributed by atoms with van der Waals surface area (Å²) in [5, 5.41) is 8.85. The number of aliphatic carboxylic acids is 1. The van der Waals surface area contributed by atoms with Gasteiger partial charge in [0.25, 0.3) is 0 Å². The van der Waals surface area contributed by atoms with Crippen molar-refractivity contribution in [1.29, 1.82) is 0 Å². The fraction of sp³-hybridized carbons (Fsp3) is 0.467. The predicted molar refractivity (Wildman–Crippen MR) is 83.2 cm³/mol. The number of carboxylic acids is 1. The van der Waals surface area contributed by atoms with Gasteiger partial charge in [0.2, 0.25) is 15.9 Å². The van der Waals surface area contributed by atoms with Crippen molar-refractivity contribution >= 4 is 21.9 Å². The van der Waals surface area contributed by atoms with Crippen LogP contribution in [0, 0.1) is 0 Å². The molecule has 0 bridgehead atoms. The number of nitrogens with one attached hydrogen (secondary N) is 1. The number of hydrogen-bond acceptors (Lipinski definition) is 4. The lowest BCUT2D eigenvalue weighted by atomic mass is 10.1. The van der Waals surface area contributed by atoms with Crippen molar-refractivity contribution in [2.75, 3.05) is 13.1 Å². The summed E-state index contributed by atoms with van der Waals surface area (Å²) in [6, 6.07) is 7.64. The van der Waals surface area contributed by atoms with Gasteiger partial charge < -0.3 is 10.0 Å². The van der Waals surface area contributed by atoms with E-state index in [1.54, 1.807) is 23.1 Å². The number of likely N-dealkylation sites (tertiary alicyclic amines) is 1. The first kappa shape index (κ1) is 17.4. The molecule has 1 aliphatic heterocycles. The Morgan fingerprint density at radius 3 is 2.61 bits per heavy atom. The van der Waals surface area contributed by atoms with E-state index in [1.807, 2.05) is 0 Å². The van der Waals surface area contributed by atoms with E-state index in [0.717, 1.165) is 6.42 Å². The van der Waals surface area contributed by atoms with Gasteiger partial charge in [0.15, 0.2) is 0 Å². The summed E-state index contributed by atoms with van der Waals surface area (Å²) in [4.78, 5) is 24.7. The maximum atomic E-state index is 12.2. The van der Waals surface area contributed by atoms with Crippen LogP contribution in [0.25, 0.3) is 0 Å². The van der Waals surface area contributed by atoms with Crippen LogP contribution in [-0.4, -0.2) is 49.4 Å². The van der Waals surface area contributed by atoms with Gasteiger partial charge in [-0.25, -0.2) is 13.1 Å². The third-order valence-corrected chi connectivity index (χ3v) is 5.27. The van der Waals surface area contributed by atoms with Gasteiger partial charge in [0, 0.05) is 25.6 Å². The first-order chi connectivity index (χ1) is 10.9. The lowest BCUT2D eigenvalue weighted by Crippen LogP contribution is -2.38. The molecule has 1 heterocycles. The first-order valence-corrected chi connectivity index (χ1v) is 8.94. The Hall–Kier alpha value is -1.93. The topological polar surface area (TPSA) is 104 Å². The van der Waals surface area contributed by atoms with Gasteiger partial charge in [-0.3, -0.25) is 9.59 Å². The fourth-order valence-corrected chi connectivity index (χ4v) is 3.75. The molecule has 0 spiro atoms. The van der Waals surface area contributed by atoms with Crippen molar-refractivity contribution in [2.45, 2.75) is 36.6 Å². The van der Waals surface area contributed by atoms with Crippen molar-refractivity contribution in [2.24, 2.45) is 0 Å². The average Bonchev–Trinajstić information content (AvgIpc) is 2.95.